The SMILES string of the molecule is Oc1ccccc1.[Cl][W]([Cl])([Cl])[Cl]. The molecule has 0 spiro atoms. The van der Waals surface area contributed by atoms with Crippen molar-refractivity contribution in [2.75, 3.05) is 0 Å². The molecule has 0 heterocycles. The van der Waals surface area contributed by atoms with Gasteiger partial charge in [-0.15, -0.1) is 0 Å². The fourth-order valence-electron chi connectivity index (χ4n) is 0.428. The Morgan fingerprint density at radius 3 is 1.42 bits per heavy atom. The summed E-state index contributed by atoms with van der Waals surface area (Å²) in [6.45, 7) is 0. The number of phenolic OH excluding ortho intramolecular Hbond substituents is 1. The summed E-state index contributed by atoms with van der Waals surface area (Å²) in [7, 11) is 20.1. The molecule has 0 aliphatic heterocycles. The molecule has 1 rings (SSSR count). The Morgan fingerprint density at radius 1 is 0.917 bits per heavy atom. The first kappa shape index (κ1) is 12.9. The van der Waals surface area contributed by atoms with Crippen LogP contribution >= 0.6 is 37.7 Å². The molecule has 0 aromatic heterocycles. The van der Waals surface area contributed by atoms with Crippen LogP contribution in [0.2, 0.25) is 0 Å². The number of aromatic hydroxyl groups is 1. The van der Waals surface area contributed by atoms with Crippen molar-refractivity contribution in [3.05, 3.63) is 30.3 Å². The van der Waals surface area contributed by atoms with E-state index in [-0.39, 0.29) is 0 Å². The molecule has 0 fully saturated rings. The van der Waals surface area contributed by atoms with Gasteiger partial charge in [-0.05, 0) is 12.1 Å². The first-order valence-electron chi connectivity index (χ1n) is 2.75. The van der Waals surface area contributed by atoms with Crippen LogP contribution in [0.3, 0.4) is 0 Å². The maximum atomic E-state index is 8.63. The van der Waals surface area contributed by atoms with Crippen molar-refractivity contribution in [1.29, 1.82) is 0 Å². The molecular weight excluding hydrogens is 414 g/mol. The van der Waals surface area contributed by atoms with Crippen LogP contribution in [0.1, 0.15) is 0 Å². The van der Waals surface area contributed by atoms with Gasteiger partial charge in [0.1, 0.15) is 5.75 Å². The molecule has 0 radical (unpaired) electrons. The van der Waals surface area contributed by atoms with Gasteiger partial charge in [-0.2, -0.15) is 0 Å². The van der Waals surface area contributed by atoms with E-state index in [4.69, 9.17) is 42.8 Å². The Kier molecular flexibility index (Phi) is 6.80. The van der Waals surface area contributed by atoms with Crippen molar-refractivity contribution in [3.8, 4) is 5.75 Å². The summed E-state index contributed by atoms with van der Waals surface area (Å²) in [6.07, 6.45) is 0. The van der Waals surface area contributed by atoms with Gasteiger partial charge in [0.15, 0.2) is 0 Å². The number of para-hydroxylation sites is 1. The molecule has 0 saturated heterocycles. The molecule has 0 saturated carbocycles. The molecule has 1 nitrogen and oxygen atoms in total. The zero-order chi connectivity index (χ0) is 9.61. The number of phenols is 1. The molecule has 1 aromatic carbocycles. The van der Waals surface area contributed by atoms with Crippen LogP contribution in [-0.4, -0.2) is 5.11 Å². The maximum absolute atomic E-state index is 8.63. The van der Waals surface area contributed by atoms with Crippen molar-refractivity contribution in [3.63, 3.8) is 0 Å². The molecular formula is C6H6Cl4OW. The summed E-state index contributed by atoms with van der Waals surface area (Å²) in [5, 5.41) is 8.63. The van der Waals surface area contributed by atoms with Gasteiger partial charge >= 0.3 is 49.6 Å². The molecule has 1 aromatic rings. The Bertz CT molecular complexity index is 205. The van der Waals surface area contributed by atoms with Crippen LogP contribution in [0.25, 0.3) is 0 Å². The van der Waals surface area contributed by atoms with E-state index in [9.17, 15) is 0 Å². The van der Waals surface area contributed by atoms with Gasteiger partial charge in [-0.25, -0.2) is 0 Å². The average Bonchev–Trinajstić information content (AvgIpc) is 1.85. The van der Waals surface area contributed by atoms with Crippen molar-refractivity contribution >= 4 is 37.7 Å². The van der Waals surface area contributed by atoms with Crippen molar-refractivity contribution < 1.29 is 17.0 Å². The first-order chi connectivity index (χ1) is 5.39. The van der Waals surface area contributed by atoms with Crippen LogP contribution in [0.4, 0.5) is 0 Å². The van der Waals surface area contributed by atoms with Crippen molar-refractivity contribution in [2.45, 2.75) is 0 Å². The topological polar surface area (TPSA) is 20.2 Å². The summed E-state index contributed by atoms with van der Waals surface area (Å²) >= 11 is -3.28. The second-order valence-corrected chi connectivity index (χ2v) is 27.1. The second-order valence-electron chi connectivity index (χ2n) is 1.69. The van der Waals surface area contributed by atoms with Crippen molar-refractivity contribution in [1.82, 2.24) is 0 Å². The molecule has 70 valence electrons. The predicted octanol–water partition coefficient (Wildman–Crippen LogP) is 4.15. The fraction of sp³-hybridized carbons (Fsp3) is 0. The normalized spacial score (nSPS) is 11.3. The van der Waals surface area contributed by atoms with Gasteiger partial charge in [0.2, 0.25) is 0 Å². The van der Waals surface area contributed by atoms with Gasteiger partial charge < -0.3 is 5.11 Å². The molecule has 0 unspecified atom stereocenters. The van der Waals surface area contributed by atoms with E-state index in [0.717, 1.165) is 0 Å². The average molecular weight is 420 g/mol. The summed E-state index contributed by atoms with van der Waals surface area (Å²) in [4.78, 5) is 0. The Balaban J connectivity index is 0.000000217. The van der Waals surface area contributed by atoms with E-state index in [2.05, 4.69) is 0 Å². The third kappa shape index (κ3) is 13.5. The fourth-order valence-corrected chi connectivity index (χ4v) is 0.428. The van der Waals surface area contributed by atoms with Crippen LogP contribution < -0.4 is 0 Å². The summed E-state index contributed by atoms with van der Waals surface area (Å²) in [5.74, 6) is 0.322. The van der Waals surface area contributed by atoms with E-state index in [0.29, 0.717) is 5.75 Å². The summed E-state index contributed by atoms with van der Waals surface area (Å²) in [5.41, 5.74) is 0. The van der Waals surface area contributed by atoms with E-state index in [1.807, 2.05) is 6.07 Å². The molecule has 0 bridgehead atoms. The molecule has 12 heavy (non-hydrogen) atoms. The van der Waals surface area contributed by atoms with Crippen LogP contribution in [0.15, 0.2) is 30.3 Å². The summed E-state index contributed by atoms with van der Waals surface area (Å²) in [6, 6.07) is 8.71. The van der Waals surface area contributed by atoms with Gasteiger partial charge in [-0.3, -0.25) is 0 Å². The van der Waals surface area contributed by atoms with Gasteiger partial charge in [-0.1, -0.05) is 18.2 Å². The standard InChI is InChI=1S/C6H6O.4ClH.W/c7-6-4-2-1-3-5-6;;;;;/h1-5,7H;4*1H;/q;;;;;+4/p-4. The molecule has 0 amide bonds. The minimum atomic E-state index is -3.28. The third-order valence-corrected chi connectivity index (χ3v) is 0.756. The second kappa shape index (κ2) is 6.34. The minimum absolute atomic E-state index is 0.322. The number of hydrogen-bond acceptors (Lipinski definition) is 1. The van der Waals surface area contributed by atoms with Gasteiger partial charge in [0, 0.05) is 0 Å². The number of rotatable bonds is 0. The molecule has 6 heteroatoms. The molecule has 0 aliphatic rings. The van der Waals surface area contributed by atoms with E-state index in [1.54, 1.807) is 24.3 Å². The monoisotopic (exact) mass is 418 g/mol. The zero-order valence-corrected chi connectivity index (χ0v) is 11.7. The molecule has 1 N–H and O–H groups in total. The van der Waals surface area contributed by atoms with Gasteiger partial charge in [0.25, 0.3) is 0 Å². The Morgan fingerprint density at radius 2 is 1.25 bits per heavy atom. The number of benzene rings is 1. The zero-order valence-electron chi connectivity index (χ0n) is 5.75. The van der Waals surface area contributed by atoms with E-state index in [1.165, 1.54) is 0 Å². The quantitative estimate of drug-likeness (QED) is 0.670. The summed E-state index contributed by atoms with van der Waals surface area (Å²) < 4.78 is 0. The van der Waals surface area contributed by atoms with Crippen LogP contribution in [-0.2, 0) is 11.9 Å². The van der Waals surface area contributed by atoms with Gasteiger partial charge in [0.05, 0.1) is 0 Å². The number of halogens is 4. The number of hydrogen-bond donors (Lipinski definition) is 1. The predicted molar refractivity (Wildman–Crippen MR) is 51.5 cm³/mol. The van der Waals surface area contributed by atoms with Crippen LogP contribution in [0.5, 0.6) is 5.75 Å². The van der Waals surface area contributed by atoms with E-state index >= 15 is 0 Å². The first-order valence-corrected chi connectivity index (χ1v) is 17.3. The Labute approximate surface area is 90.1 Å². The Hall–Kier alpha value is 0.868. The third-order valence-electron chi connectivity index (χ3n) is 0.756. The molecule has 0 atom stereocenters. The molecule has 0 aliphatic carbocycles. The van der Waals surface area contributed by atoms with Crippen molar-refractivity contribution in [2.24, 2.45) is 0 Å². The van der Waals surface area contributed by atoms with Crippen LogP contribution in [0, 0.1) is 0 Å². The van der Waals surface area contributed by atoms with E-state index < -0.39 is 11.9 Å².